The fourth-order valence-corrected chi connectivity index (χ4v) is 5.35. The van der Waals surface area contributed by atoms with Gasteiger partial charge in [-0.3, -0.25) is 14.9 Å². The second-order valence-corrected chi connectivity index (χ2v) is 11.3. The molecule has 3 aliphatic rings. The number of nitrogens with one attached hydrogen (secondary N) is 2. The lowest BCUT2D eigenvalue weighted by Crippen LogP contribution is -2.47. The maximum Gasteiger partial charge on any atom is 0.410 e. The Kier molecular flexibility index (Phi) is 7.99. The summed E-state index contributed by atoms with van der Waals surface area (Å²) in [4.78, 5) is 40.2. The molecule has 1 atom stereocenters. The first-order valence-corrected chi connectivity index (χ1v) is 13.1. The summed E-state index contributed by atoms with van der Waals surface area (Å²) in [7, 11) is 0. The standard InChI is InChI=1S/C27H40N4O4/c1-27(2,3)35-26(34)31-15-9-19(10-16-31)18-30-13-11-20(12-14-30)21-5-4-6-22(17-21)28-23-7-8-24(32)29-25(23)33/h4-6,17,19-20,23,28H,7-16,18H2,1-3H3,(H,29,32,33). The molecular weight excluding hydrogens is 444 g/mol. The molecule has 4 rings (SSSR count). The van der Waals surface area contributed by atoms with Crippen LogP contribution in [0.2, 0.25) is 0 Å². The number of imide groups is 1. The van der Waals surface area contributed by atoms with Gasteiger partial charge in [0.05, 0.1) is 0 Å². The number of piperidine rings is 3. The number of hydrogen-bond acceptors (Lipinski definition) is 6. The van der Waals surface area contributed by atoms with Gasteiger partial charge in [-0.05, 0) is 95.5 Å². The van der Waals surface area contributed by atoms with Crippen LogP contribution in [-0.4, -0.2) is 72.1 Å². The first-order chi connectivity index (χ1) is 16.7. The zero-order valence-corrected chi connectivity index (χ0v) is 21.3. The van der Waals surface area contributed by atoms with E-state index in [0.717, 1.165) is 64.1 Å². The van der Waals surface area contributed by atoms with E-state index >= 15 is 0 Å². The van der Waals surface area contributed by atoms with Crippen LogP contribution in [0.1, 0.15) is 70.8 Å². The van der Waals surface area contributed by atoms with E-state index in [1.54, 1.807) is 0 Å². The second kappa shape index (κ2) is 11.0. The van der Waals surface area contributed by atoms with Crippen molar-refractivity contribution in [2.24, 2.45) is 5.92 Å². The lowest BCUT2D eigenvalue weighted by molar-refractivity contribution is -0.133. The normalized spacial score (nSPS) is 23.2. The molecule has 8 heteroatoms. The minimum absolute atomic E-state index is 0.189. The van der Waals surface area contributed by atoms with Gasteiger partial charge in [-0.15, -0.1) is 0 Å². The summed E-state index contributed by atoms with van der Waals surface area (Å²) in [5, 5.41) is 5.72. The molecule has 1 aromatic rings. The highest BCUT2D eigenvalue weighted by molar-refractivity contribution is 6.01. The van der Waals surface area contributed by atoms with Crippen LogP contribution in [0.4, 0.5) is 10.5 Å². The van der Waals surface area contributed by atoms with Gasteiger partial charge in [-0.1, -0.05) is 12.1 Å². The fourth-order valence-electron chi connectivity index (χ4n) is 5.35. The van der Waals surface area contributed by atoms with Crippen LogP contribution < -0.4 is 10.6 Å². The Morgan fingerprint density at radius 3 is 2.43 bits per heavy atom. The van der Waals surface area contributed by atoms with Crippen molar-refractivity contribution >= 4 is 23.6 Å². The van der Waals surface area contributed by atoms with E-state index in [1.807, 2.05) is 37.8 Å². The average molecular weight is 485 g/mol. The topological polar surface area (TPSA) is 91.0 Å². The van der Waals surface area contributed by atoms with Gasteiger partial charge in [0, 0.05) is 31.7 Å². The number of rotatable bonds is 5. The molecule has 3 saturated heterocycles. The molecule has 35 heavy (non-hydrogen) atoms. The van der Waals surface area contributed by atoms with Gasteiger partial charge >= 0.3 is 6.09 Å². The molecule has 8 nitrogen and oxygen atoms in total. The van der Waals surface area contributed by atoms with Crippen molar-refractivity contribution in [3.8, 4) is 0 Å². The third kappa shape index (κ3) is 7.19. The van der Waals surface area contributed by atoms with E-state index in [4.69, 9.17) is 4.74 Å². The highest BCUT2D eigenvalue weighted by Crippen LogP contribution is 2.31. The summed E-state index contributed by atoms with van der Waals surface area (Å²) >= 11 is 0. The Morgan fingerprint density at radius 2 is 1.77 bits per heavy atom. The van der Waals surface area contributed by atoms with E-state index in [1.165, 1.54) is 5.56 Å². The minimum Gasteiger partial charge on any atom is -0.444 e. The van der Waals surface area contributed by atoms with Gasteiger partial charge in [0.2, 0.25) is 11.8 Å². The first-order valence-electron chi connectivity index (χ1n) is 13.1. The third-order valence-corrected chi connectivity index (χ3v) is 7.31. The maximum absolute atomic E-state index is 12.3. The lowest BCUT2D eigenvalue weighted by atomic mass is 9.88. The van der Waals surface area contributed by atoms with E-state index in [2.05, 4.69) is 27.7 Å². The van der Waals surface area contributed by atoms with Crippen molar-refractivity contribution in [2.75, 3.05) is 38.0 Å². The van der Waals surface area contributed by atoms with Crippen molar-refractivity contribution in [2.45, 2.75) is 76.9 Å². The predicted molar refractivity (Wildman–Crippen MR) is 135 cm³/mol. The van der Waals surface area contributed by atoms with Gasteiger partial charge in [0.25, 0.3) is 0 Å². The van der Waals surface area contributed by atoms with Crippen LogP contribution in [0.25, 0.3) is 0 Å². The smallest absolute Gasteiger partial charge is 0.410 e. The molecule has 2 N–H and O–H groups in total. The van der Waals surface area contributed by atoms with E-state index in [-0.39, 0.29) is 23.9 Å². The van der Waals surface area contributed by atoms with Gasteiger partial charge in [-0.2, -0.15) is 0 Å². The highest BCUT2D eigenvalue weighted by atomic mass is 16.6. The summed E-state index contributed by atoms with van der Waals surface area (Å²) in [5.41, 5.74) is 1.81. The average Bonchev–Trinajstić information content (AvgIpc) is 2.81. The number of hydrogen-bond donors (Lipinski definition) is 2. The van der Waals surface area contributed by atoms with Crippen LogP contribution in [0.5, 0.6) is 0 Å². The Labute approximate surface area is 208 Å². The second-order valence-electron chi connectivity index (χ2n) is 11.3. The minimum atomic E-state index is -0.446. The lowest BCUT2D eigenvalue weighted by Gasteiger charge is -2.38. The number of anilines is 1. The summed E-state index contributed by atoms with van der Waals surface area (Å²) in [6.45, 7) is 10.6. The molecule has 0 aliphatic carbocycles. The summed E-state index contributed by atoms with van der Waals surface area (Å²) in [6.07, 6.45) is 5.04. The number of amides is 3. The molecule has 0 bridgehead atoms. The predicted octanol–water partition coefficient (Wildman–Crippen LogP) is 3.73. The van der Waals surface area contributed by atoms with Gasteiger partial charge < -0.3 is 19.9 Å². The number of likely N-dealkylation sites (tertiary alicyclic amines) is 2. The molecule has 3 amide bonds. The zero-order valence-electron chi connectivity index (χ0n) is 21.3. The highest BCUT2D eigenvalue weighted by Gasteiger charge is 2.30. The SMILES string of the molecule is CC(C)(C)OC(=O)N1CCC(CN2CCC(c3cccc(NC4CCC(=O)NC4=O)c3)CC2)CC1. The molecule has 0 aromatic heterocycles. The molecular formula is C27H40N4O4. The Bertz CT molecular complexity index is 912. The van der Waals surface area contributed by atoms with Crippen LogP contribution in [0.3, 0.4) is 0 Å². The van der Waals surface area contributed by atoms with Crippen LogP contribution in [0, 0.1) is 5.92 Å². The van der Waals surface area contributed by atoms with Crippen LogP contribution >= 0.6 is 0 Å². The van der Waals surface area contributed by atoms with Crippen molar-refractivity contribution in [1.82, 2.24) is 15.1 Å². The molecule has 1 aromatic carbocycles. The summed E-state index contributed by atoms with van der Waals surface area (Å²) in [5.74, 6) is 0.717. The molecule has 3 heterocycles. The quantitative estimate of drug-likeness (QED) is 0.619. The molecule has 1 unspecified atom stereocenters. The van der Waals surface area contributed by atoms with E-state index in [0.29, 0.717) is 24.7 Å². The van der Waals surface area contributed by atoms with Crippen molar-refractivity contribution in [3.63, 3.8) is 0 Å². The van der Waals surface area contributed by atoms with Crippen LogP contribution in [0.15, 0.2) is 24.3 Å². The Balaban J connectivity index is 1.21. The zero-order chi connectivity index (χ0) is 25.0. The van der Waals surface area contributed by atoms with Crippen molar-refractivity contribution in [3.05, 3.63) is 29.8 Å². The third-order valence-electron chi connectivity index (χ3n) is 7.31. The number of carbonyl (C=O) groups is 3. The number of nitrogens with zero attached hydrogens (tertiary/aromatic N) is 2. The first kappa shape index (κ1) is 25.5. The van der Waals surface area contributed by atoms with Crippen molar-refractivity contribution < 1.29 is 19.1 Å². The monoisotopic (exact) mass is 484 g/mol. The van der Waals surface area contributed by atoms with Crippen LogP contribution in [-0.2, 0) is 14.3 Å². The van der Waals surface area contributed by atoms with Crippen molar-refractivity contribution in [1.29, 1.82) is 0 Å². The molecule has 0 saturated carbocycles. The van der Waals surface area contributed by atoms with E-state index < -0.39 is 5.60 Å². The molecule has 3 fully saturated rings. The Morgan fingerprint density at radius 1 is 1.06 bits per heavy atom. The molecule has 0 radical (unpaired) electrons. The number of ether oxygens (including phenoxy) is 1. The van der Waals surface area contributed by atoms with Gasteiger partial charge in [0.15, 0.2) is 0 Å². The number of carbonyl (C=O) groups excluding carboxylic acids is 3. The van der Waals surface area contributed by atoms with Gasteiger partial charge in [-0.25, -0.2) is 4.79 Å². The summed E-state index contributed by atoms with van der Waals surface area (Å²) < 4.78 is 5.52. The molecule has 192 valence electrons. The Hall–Kier alpha value is -2.61. The van der Waals surface area contributed by atoms with E-state index in [9.17, 15) is 14.4 Å². The molecule has 3 aliphatic heterocycles. The maximum atomic E-state index is 12.3. The fraction of sp³-hybridized carbons (Fsp3) is 0.667. The number of benzene rings is 1. The molecule has 0 spiro atoms. The van der Waals surface area contributed by atoms with Gasteiger partial charge in [0.1, 0.15) is 11.6 Å². The summed E-state index contributed by atoms with van der Waals surface area (Å²) in [6, 6.07) is 8.03. The largest absolute Gasteiger partial charge is 0.444 e.